The van der Waals surface area contributed by atoms with Gasteiger partial charge in [-0.2, -0.15) is 0 Å². The van der Waals surface area contributed by atoms with Crippen molar-refractivity contribution < 1.29 is 9.90 Å². The highest BCUT2D eigenvalue weighted by molar-refractivity contribution is 9.10. The van der Waals surface area contributed by atoms with Gasteiger partial charge in [-0.15, -0.1) is 0 Å². The molecule has 1 heterocycles. The second kappa shape index (κ2) is 5.86. The smallest absolute Gasteiger partial charge is 0.335 e. The number of rotatable bonds is 3. The number of aromatic nitrogens is 1. The van der Waals surface area contributed by atoms with Crippen molar-refractivity contribution in [3.8, 4) is 0 Å². The molecule has 0 aliphatic rings. The maximum atomic E-state index is 11.0. The van der Waals surface area contributed by atoms with Gasteiger partial charge in [0.1, 0.15) is 5.03 Å². The van der Waals surface area contributed by atoms with E-state index < -0.39 is 5.97 Å². The molecule has 0 saturated heterocycles. The molecule has 92 valence electrons. The standard InChI is InChI=1S/C12H7Br2NO2S/c13-8-1-2-11(15-6-8)18-10-4-7(12(16)17)3-9(14)5-10/h1-6H,(H,16,17). The first-order valence-electron chi connectivity index (χ1n) is 4.88. The molecule has 1 aromatic carbocycles. The minimum atomic E-state index is -0.943. The Balaban J connectivity index is 2.28. The fraction of sp³-hybridized carbons (Fsp3) is 0. The number of halogens is 2. The van der Waals surface area contributed by atoms with E-state index in [-0.39, 0.29) is 5.56 Å². The van der Waals surface area contributed by atoms with Crippen molar-refractivity contribution in [1.82, 2.24) is 4.98 Å². The van der Waals surface area contributed by atoms with Crippen molar-refractivity contribution >= 4 is 49.6 Å². The topological polar surface area (TPSA) is 50.2 Å². The van der Waals surface area contributed by atoms with Gasteiger partial charge in [0.2, 0.25) is 0 Å². The van der Waals surface area contributed by atoms with Gasteiger partial charge < -0.3 is 5.11 Å². The fourth-order valence-corrected chi connectivity index (χ4v) is 3.02. The Morgan fingerprint density at radius 2 is 1.94 bits per heavy atom. The second-order valence-electron chi connectivity index (χ2n) is 3.40. The van der Waals surface area contributed by atoms with Gasteiger partial charge in [0.25, 0.3) is 0 Å². The number of hydrogen-bond acceptors (Lipinski definition) is 3. The first kappa shape index (κ1) is 13.6. The number of pyridine rings is 1. The third-order valence-corrected chi connectivity index (χ3v) is 3.89. The van der Waals surface area contributed by atoms with Crippen LogP contribution < -0.4 is 0 Å². The number of carboxylic acid groups (broad SMARTS) is 1. The largest absolute Gasteiger partial charge is 0.478 e. The predicted molar refractivity (Wildman–Crippen MR) is 77.2 cm³/mol. The van der Waals surface area contributed by atoms with Crippen molar-refractivity contribution in [2.45, 2.75) is 9.92 Å². The summed E-state index contributed by atoms with van der Waals surface area (Å²) in [5.41, 5.74) is 0.254. The highest BCUT2D eigenvalue weighted by atomic mass is 79.9. The molecule has 1 aromatic heterocycles. The van der Waals surface area contributed by atoms with Gasteiger partial charge >= 0.3 is 5.97 Å². The van der Waals surface area contributed by atoms with Crippen LogP contribution in [0.5, 0.6) is 0 Å². The SMILES string of the molecule is O=C(O)c1cc(Br)cc(Sc2ccc(Br)cn2)c1. The summed E-state index contributed by atoms with van der Waals surface area (Å²) in [6.07, 6.45) is 1.71. The van der Waals surface area contributed by atoms with Crippen LogP contribution in [0, 0.1) is 0 Å². The molecule has 0 spiro atoms. The molecule has 2 rings (SSSR count). The molecular formula is C12H7Br2NO2S. The average Bonchev–Trinajstić information content (AvgIpc) is 2.31. The highest BCUT2D eigenvalue weighted by Gasteiger charge is 2.07. The van der Waals surface area contributed by atoms with Gasteiger partial charge in [0.15, 0.2) is 0 Å². The molecule has 2 aromatic rings. The van der Waals surface area contributed by atoms with Crippen LogP contribution in [-0.4, -0.2) is 16.1 Å². The number of carbonyl (C=O) groups is 1. The lowest BCUT2D eigenvalue weighted by Gasteiger charge is -2.04. The molecular weight excluding hydrogens is 382 g/mol. The highest BCUT2D eigenvalue weighted by Crippen LogP contribution is 2.30. The summed E-state index contributed by atoms with van der Waals surface area (Å²) < 4.78 is 1.65. The Morgan fingerprint density at radius 3 is 2.56 bits per heavy atom. The normalized spacial score (nSPS) is 10.3. The third-order valence-electron chi connectivity index (χ3n) is 2.04. The number of benzene rings is 1. The molecule has 0 atom stereocenters. The quantitative estimate of drug-likeness (QED) is 0.843. The van der Waals surface area contributed by atoms with Gasteiger partial charge in [0.05, 0.1) is 5.56 Å². The molecule has 0 aliphatic heterocycles. The summed E-state index contributed by atoms with van der Waals surface area (Å²) in [4.78, 5) is 16.0. The summed E-state index contributed by atoms with van der Waals surface area (Å²) in [7, 11) is 0. The van der Waals surface area contributed by atoms with Crippen molar-refractivity contribution in [2.24, 2.45) is 0 Å². The van der Waals surface area contributed by atoms with E-state index in [0.717, 1.165) is 18.9 Å². The van der Waals surface area contributed by atoms with Crippen molar-refractivity contribution in [3.63, 3.8) is 0 Å². The Labute approximate surface area is 125 Å². The fourth-order valence-electron chi connectivity index (χ4n) is 1.29. The van der Waals surface area contributed by atoms with Crippen LogP contribution in [0.4, 0.5) is 0 Å². The summed E-state index contributed by atoms with van der Waals surface area (Å²) >= 11 is 8.03. The second-order valence-corrected chi connectivity index (χ2v) is 6.32. The summed E-state index contributed by atoms with van der Waals surface area (Å²) in [6.45, 7) is 0. The van der Waals surface area contributed by atoms with Crippen molar-refractivity contribution in [3.05, 3.63) is 51.0 Å². The van der Waals surface area contributed by atoms with E-state index in [1.165, 1.54) is 11.8 Å². The molecule has 0 radical (unpaired) electrons. The zero-order valence-corrected chi connectivity index (χ0v) is 12.9. The molecule has 18 heavy (non-hydrogen) atoms. The lowest BCUT2D eigenvalue weighted by atomic mass is 10.2. The van der Waals surface area contributed by atoms with Gasteiger partial charge in [-0.05, 0) is 46.3 Å². The molecule has 3 nitrogen and oxygen atoms in total. The maximum absolute atomic E-state index is 11.0. The minimum absolute atomic E-state index is 0.254. The predicted octanol–water partition coefficient (Wildman–Crippen LogP) is 4.46. The van der Waals surface area contributed by atoms with Crippen LogP contribution in [0.15, 0.2) is 55.4 Å². The van der Waals surface area contributed by atoms with Crippen LogP contribution in [0.1, 0.15) is 10.4 Å². The number of carboxylic acids is 1. The first-order chi connectivity index (χ1) is 8.54. The Morgan fingerprint density at radius 1 is 1.17 bits per heavy atom. The van der Waals surface area contributed by atoms with Gasteiger partial charge in [-0.3, -0.25) is 0 Å². The van der Waals surface area contributed by atoms with E-state index in [1.54, 1.807) is 18.3 Å². The molecule has 0 unspecified atom stereocenters. The first-order valence-corrected chi connectivity index (χ1v) is 7.28. The molecule has 0 saturated carbocycles. The van der Waals surface area contributed by atoms with Crippen LogP contribution in [0.2, 0.25) is 0 Å². The number of hydrogen-bond donors (Lipinski definition) is 1. The van der Waals surface area contributed by atoms with Crippen LogP contribution in [-0.2, 0) is 0 Å². The monoisotopic (exact) mass is 387 g/mol. The Kier molecular flexibility index (Phi) is 4.42. The summed E-state index contributed by atoms with van der Waals surface area (Å²) in [5, 5.41) is 9.80. The van der Waals surface area contributed by atoms with Crippen LogP contribution >= 0.6 is 43.6 Å². The number of aromatic carboxylic acids is 1. The van der Waals surface area contributed by atoms with E-state index >= 15 is 0 Å². The molecule has 1 N–H and O–H groups in total. The Hall–Kier alpha value is -0.850. The van der Waals surface area contributed by atoms with Gasteiger partial charge in [-0.25, -0.2) is 9.78 Å². The third kappa shape index (κ3) is 3.57. The molecule has 0 aliphatic carbocycles. The zero-order valence-electron chi connectivity index (χ0n) is 8.93. The van der Waals surface area contributed by atoms with E-state index in [9.17, 15) is 4.79 Å². The summed E-state index contributed by atoms with van der Waals surface area (Å²) in [6, 6.07) is 8.82. The van der Waals surface area contributed by atoms with Gasteiger partial charge in [0, 0.05) is 20.0 Å². The van der Waals surface area contributed by atoms with Crippen LogP contribution in [0.25, 0.3) is 0 Å². The number of nitrogens with zero attached hydrogens (tertiary/aromatic N) is 1. The maximum Gasteiger partial charge on any atom is 0.335 e. The van der Waals surface area contributed by atoms with E-state index in [4.69, 9.17) is 5.11 Å². The average molecular weight is 389 g/mol. The lowest BCUT2D eigenvalue weighted by Crippen LogP contribution is -1.96. The molecule has 0 amide bonds. The Bertz CT molecular complexity index is 587. The minimum Gasteiger partial charge on any atom is -0.478 e. The van der Waals surface area contributed by atoms with Crippen molar-refractivity contribution in [2.75, 3.05) is 0 Å². The molecule has 6 heteroatoms. The van der Waals surface area contributed by atoms with Crippen LogP contribution in [0.3, 0.4) is 0 Å². The molecule has 0 fully saturated rings. The summed E-state index contributed by atoms with van der Waals surface area (Å²) in [5.74, 6) is -0.943. The van der Waals surface area contributed by atoms with Crippen molar-refractivity contribution in [1.29, 1.82) is 0 Å². The van der Waals surface area contributed by atoms with E-state index in [2.05, 4.69) is 36.8 Å². The van der Waals surface area contributed by atoms with Gasteiger partial charge in [-0.1, -0.05) is 27.7 Å². The molecule has 0 bridgehead atoms. The van der Waals surface area contributed by atoms with E-state index in [1.807, 2.05) is 18.2 Å². The zero-order chi connectivity index (χ0) is 13.1. The van der Waals surface area contributed by atoms with E-state index in [0.29, 0.717) is 0 Å². The lowest BCUT2D eigenvalue weighted by molar-refractivity contribution is 0.0696.